The van der Waals surface area contributed by atoms with Gasteiger partial charge in [0, 0.05) is 11.8 Å². The highest BCUT2D eigenvalue weighted by molar-refractivity contribution is 7.99. The highest BCUT2D eigenvalue weighted by Crippen LogP contribution is 2.21. The third kappa shape index (κ3) is 5.38. The molecule has 0 saturated carbocycles. The van der Waals surface area contributed by atoms with E-state index >= 15 is 0 Å². The van der Waals surface area contributed by atoms with E-state index in [-0.39, 0.29) is 23.5 Å². The Bertz CT molecular complexity index is 1350. The van der Waals surface area contributed by atoms with Crippen LogP contribution in [-0.2, 0) is 11.3 Å². The number of benzene rings is 3. The number of carbonyl (C=O) groups is 1. The minimum atomic E-state index is -0.789. The fraction of sp³-hybridized carbons (Fsp3) is 0.125. The number of para-hydroxylation sites is 1. The third-order valence-corrected chi connectivity index (χ3v) is 5.78. The van der Waals surface area contributed by atoms with E-state index in [1.165, 1.54) is 4.57 Å². The zero-order valence-corrected chi connectivity index (χ0v) is 18.4. The Kier molecular flexibility index (Phi) is 6.69. The number of amides is 1. The lowest BCUT2D eigenvalue weighted by atomic mass is 10.2. The molecule has 1 amide bonds. The van der Waals surface area contributed by atoms with Crippen LogP contribution in [0.15, 0.2) is 76.7 Å². The smallest absolute Gasteiger partial charge is 0.262 e. The Hall–Kier alpha value is -3.72. The topological polar surface area (TPSA) is 73.2 Å². The summed E-state index contributed by atoms with van der Waals surface area (Å²) < 4.78 is 33.4. The van der Waals surface area contributed by atoms with Crippen LogP contribution >= 0.6 is 11.8 Å². The van der Waals surface area contributed by atoms with Crippen molar-refractivity contribution in [3.8, 4) is 5.75 Å². The Labute approximate surface area is 192 Å². The highest BCUT2D eigenvalue weighted by Gasteiger charge is 2.14. The maximum Gasteiger partial charge on any atom is 0.262 e. The molecule has 0 atom stereocenters. The summed E-state index contributed by atoms with van der Waals surface area (Å²) in [5.74, 6) is -1.47. The molecule has 0 aliphatic heterocycles. The van der Waals surface area contributed by atoms with Crippen LogP contribution in [0.1, 0.15) is 5.56 Å². The summed E-state index contributed by atoms with van der Waals surface area (Å²) in [7, 11) is 1.57. The van der Waals surface area contributed by atoms with Crippen LogP contribution in [0, 0.1) is 11.6 Å². The van der Waals surface area contributed by atoms with Crippen molar-refractivity contribution in [2.45, 2.75) is 11.7 Å². The van der Waals surface area contributed by atoms with Crippen molar-refractivity contribution >= 4 is 34.3 Å². The Balaban J connectivity index is 1.60. The maximum atomic E-state index is 13.4. The first kappa shape index (κ1) is 22.5. The molecule has 4 rings (SSSR count). The molecule has 0 fully saturated rings. The molecule has 1 heterocycles. The number of halogens is 2. The molecular formula is C24H19F2N3O3S. The van der Waals surface area contributed by atoms with Gasteiger partial charge < -0.3 is 10.1 Å². The predicted octanol–water partition coefficient (Wildman–Crippen LogP) is 4.46. The SMILES string of the molecule is COc1ccc(Cn2c(SCC(=O)Nc3cc(F)cc(F)c3)nc3ccccc3c2=O)cc1. The molecule has 1 aromatic heterocycles. The Morgan fingerprint density at radius 1 is 1.06 bits per heavy atom. The van der Waals surface area contributed by atoms with Crippen LogP contribution in [0.5, 0.6) is 5.75 Å². The van der Waals surface area contributed by atoms with Crippen molar-refractivity contribution in [2.24, 2.45) is 0 Å². The number of fused-ring (bicyclic) bond motifs is 1. The number of nitrogens with zero attached hydrogens (tertiary/aromatic N) is 2. The normalized spacial score (nSPS) is 10.9. The van der Waals surface area contributed by atoms with Gasteiger partial charge in [0.15, 0.2) is 5.16 Å². The Morgan fingerprint density at radius 3 is 2.45 bits per heavy atom. The highest BCUT2D eigenvalue weighted by atomic mass is 32.2. The van der Waals surface area contributed by atoms with Crippen LogP contribution in [-0.4, -0.2) is 28.3 Å². The van der Waals surface area contributed by atoms with Crippen LogP contribution in [0.3, 0.4) is 0 Å². The molecule has 0 aliphatic carbocycles. The number of hydrogen-bond donors (Lipinski definition) is 1. The van der Waals surface area contributed by atoms with E-state index in [2.05, 4.69) is 10.3 Å². The van der Waals surface area contributed by atoms with Crippen molar-refractivity contribution < 1.29 is 18.3 Å². The lowest BCUT2D eigenvalue weighted by Crippen LogP contribution is -2.25. The van der Waals surface area contributed by atoms with E-state index < -0.39 is 17.5 Å². The van der Waals surface area contributed by atoms with Gasteiger partial charge in [-0.1, -0.05) is 36.0 Å². The number of aromatic nitrogens is 2. The van der Waals surface area contributed by atoms with Gasteiger partial charge in [-0.15, -0.1) is 0 Å². The summed E-state index contributed by atoms with van der Waals surface area (Å²) in [6.45, 7) is 0.250. The van der Waals surface area contributed by atoms with Gasteiger partial charge in [-0.2, -0.15) is 0 Å². The van der Waals surface area contributed by atoms with Gasteiger partial charge in [-0.3, -0.25) is 14.2 Å². The number of nitrogens with one attached hydrogen (secondary N) is 1. The first-order valence-electron chi connectivity index (χ1n) is 9.94. The molecule has 9 heteroatoms. The predicted molar refractivity (Wildman–Crippen MR) is 124 cm³/mol. The fourth-order valence-electron chi connectivity index (χ4n) is 3.26. The average molecular weight is 467 g/mol. The summed E-state index contributed by atoms with van der Waals surface area (Å²) in [4.78, 5) is 30.2. The van der Waals surface area contributed by atoms with Gasteiger partial charge in [-0.05, 0) is 42.0 Å². The second-order valence-corrected chi connectivity index (χ2v) is 8.09. The van der Waals surface area contributed by atoms with Crippen molar-refractivity contribution in [2.75, 3.05) is 18.2 Å². The van der Waals surface area contributed by atoms with Crippen molar-refractivity contribution in [3.63, 3.8) is 0 Å². The largest absolute Gasteiger partial charge is 0.497 e. The zero-order valence-electron chi connectivity index (χ0n) is 17.5. The van der Waals surface area contributed by atoms with Gasteiger partial charge in [0.2, 0.25) is 5.91 Å². The molecule has 4 aromatic rings. The van der Waals surface area contributed by atoms with Gasteiger partial charge in [0.05, 0.1) is 30.3 Å². The standard InChI is InChI=1S/C24H19F2N3O3S/c1-32-19-8-6-15(7-9-19)13-29-23(31)20-4-2-3-5-21(20)28-24(29)33-14-22(30)27-18-11-16(25)10-17(26)12-18/h2-12H,13-14H2,1H3,(H,27,30). The van der Waals surface area contributed by atoms with Crippen LogP contribution in [0.4, 0.5) is 14.5 Å². The number of thioether (sulfide) groups is 1. The number of anilines is 1. The number of hydrogen-bond acceptors (Lipinski definition) is 5. The molecule has 33 heavy (non-hydrogen) atoms. The zero-order chi connectivity index (χ0) is 23.4. The summed E-state index contributed by atoms with van der Waals surface area (Å²) in [6, 6.07) is 17.0. The number of rotatable bonds is 7. The molecule has 3 aromatic carbocycles. The quantitative estimate of drug-likeness (QED) is 0.321. The van der Waals surface area contributed by atoms with Crippen molar-refractivity contribution in [1.82, 2.24) is 9.55 Å². The molecule has 0 aliphatic rings. The number of carbonyl (C=O) groups excluding carboxylic acids is 1. The second kappa shape index (κ2) is 9.83. The van der Waals surface area contributed by atoms with Crippen molar-refractivity contribution in [3.05, 3.63) is 94.3 Å². The number of methoxy groups -OCH3 is 1. The summed E-state index contributed by atoms with van der Waals surface area (Å²) in [6.07, 6.45) is 0. The van der Waals surface area contributed by atoms with Gasteiger partial charge in [0.1, 0.15) is 17.4 Å². The molecule has 6 nitrogen and oxygen atoms in total. The lowest BCUT2D eigenvalue weighted by molar-refractivity contribution is -0.113. The molecule has 0 unspecified atom stereocenters. The fourth-order valence-corrected chi connectivity index (χ4v) is 4.06. The monoisotopic (exact) mass is 467 g/mol. The summed E-state index contributed by atoms with van der Waals surface area (Å²) in [5, 5.41) is 3.28. The lowest BCUT2D eigenvalue weighted by Gasteiger charge is -2.14. The minimum Gasteiger partial charge on any atom is -0.497 e. The summed E-state index contributed by atoms with van der Waals surface area (Å²) >= 11 is 1.07. The van der Waals surface area contributed by atoms with Crippen LogP contribution in [0.25, 0.3) is 10.9 Å². The van der Waals surface area contributed by atoms with E-state index in [4.69, 9.17) is 4.74 Å². The summed E-state index contributed by atoms with van der Waals surface area (Å²) in [5.41, 5.74) is 1.16. The number of ether oxygens (including phenoxy) is 1. The van der Waals surface area contributed by atoms with Crippen LogP contribution < -0.4 is 15.6 Å². The second-order valence-electron chi connectivity index (χ2n) is 7.15. The maximum absolute atomic E-state index is 13.4. The van der Waals surface area contributed by atoms with E-state index in [9.17, 15) is 18.4 Å². The molecule has 0 saturated heterocycles. The van der Waals surface area contributed by atoms with E-state index in [0.29, 0.717) is 21.8 Å². The van der Waals surface area contributed by atoms with E-state index in [1.807, 2.05) is 12.1 Å². The molecule has 168 valence electrons. The minimum absolute atomic E-state index is 0.0141. The van der Waals surface area contributed by atoms with Crippen molar-refractivity contribution in [1.29, 1.82) is 0 Å². The van der Waals surface area contributed by atoms with Gasteiger partial charge in [-0.25, -0.2) is 13.8 Å². The molecular weight excluding hydrogens is 448 g/mol. The molecule has 1 N–H and O–H groups in total. The molecule has 0 radical (unpaired) electrons. The third-order valence-electron chi connectivity index (χ3n) is 4.81. The van der Waals surface area contributed by atoms with Gasteiger partial charge >= 0.3 is 0 Å². The van der Waals surface area contributed by atoms with E-state index in [1.54, 1.807) is 43.5 Å². The van der Waals surface area contributed by atoms with Crippen LogP contribution in [0.2, 0.25) is 0 Å². The Morgan fingerprint density at radius 2 is 1.76 bits per heavy atom. The first-order chi connectivity index (χ1) is 15.9. The molecule has 0 spiro atoms. The average Bonchev–Trinajstić information content (AvgIpc) is 2.79. The van der Waals surface area contributed by atoms with E-state index in [0.717, 1.165) is 35.5 Å². The first-order valence-corrected chi connectivity index (χ1v) is 10.9. The molecule has 0 bridgehead atoms. The van der Waals surface area contributed by atoms with Gasteiger partial charge in [0.25, 0.3) is 5.56 Å².